The largest absolute Gasteiger partial charge is 0.248 e. The Morgan fingerprint density at radius 1 is 1.40 bits per heavy atom. The fourth-order valence-corrected chi connectivity index (χ4v) is 2.44. The Bertz CT molecular complexity index is 354. The highest BCUT2D eigenvalue weighted by atomic mass is 35.5. The molecule has 0 spiro atoms. The summed E-state index contributed by atoms with van der Waals surface area (Å²) in [6.07, 6.45) is 4.40. The summed E-state index contributed by atoms with van der Waals surface area (Å²) in [6.45, 7) is 2.16. The lowest BCUT2D eigenvalue weighted by molar-refractivity contribution is 0.684. The summed E-state index contributed by atoms with van der Waals surface area (Å²) < 4.78 is 11.2. The Kier molecular flexibility index (Phi) is 5.29. The molecule has 1 aromatic rings. The molecule has 84 valence electrons. The number of rotatable bonds is 5. The van der Waals surface area contributed by atoms with E-state index < -0.39 is 11.0 Å². The quantitative estimate of drug-likeness (QED) is 0.796. The molecule has 1 atom stereocenters. The first-order chi connectivity index (χ1) is 7.16. The van der Waals surface area contributed by atoms with Gasteiger partial charge in [-0.1, -0.05) is 43.5 Å². The topological polar surface area (TPSA) is 43.1 Å². The van der Waals surface area contributed by atoms with Gasteiger partial charge >= 0.3 is 0 Å². The normalized spacial score (nSPS) is 12.7. The molecular weight excluding hydrogens is 230 g/mol. The van der Waals surface area contributed by atoms with Crippen LogP contribution < -0.4 is 5.14 Å². The molecule has 0 aliphatic heterocycles. The predicted octanol–water partition coefficient (Wildman–Crippen LogP) is 3.05. The van der Waals surface area contributed by atoms with Crippen LogP contribution in [0.25, 0.3) is 0 Å². The Labute approximate surface area is 98.4 Å². The van der Waals surface area contributed by atoms with Crippen LogP contribution in [-0.4, -0.2) is 4.21 Å². The SMILES string of the molecule is CCCCCc1cccc(S(N)=O)c1Cl. The predicted molar refractivity (Wildman–Crippen MR) is 65.3 cm³/mol. The van der Waals surface area contributed by atoms with Crippen molar-refractivity contribution in [1.29, 1.82) is 0 Å². The summed E-state index contributed by atoms with van der Waals surface area (Å²) in [6, 6.07) is 5.53. The van der Waals surface area contributed by atoms with Crippen molar-refractivity contribution in [2.24, 2.45) is 5.14 Å². The molecule has 0 saturated carbocycles. The first kappa shape index (κ1) is 12.7. The van der Waals surface area contributed by atoms with Gasteiger partial charge in [-0.25, -0.2) is 9.35 Å². The van der Waals surface area contributed by atoms with E-state index in [0.717, 1.165) is 18.4 Å². The van der Waals surface area contributed by atoms with Gasteiger partial charge in [0.15, 0.2) is 0 Å². The van der Waals surface area contributed by atoms with Crippen LogP contribution in [0.3, 0.4) is 0 Å². The van der Waals surface area contributed by atoms with Crippen molar-refractivity contribution in [3.05, 3.63) is 28.8 Å². The Hall–Kier alpha value is -0.380. The molecule has 1 rings (SSSR count). The van der Waals surface area contributed by atoms with E-state index in [0.29, 0.717) is 9.92 Å². The highest BCUT2D eigenvalue weighted by Crippen LogP contribution is 2.24. The van der Waals surface area contributed by atoms with E-state index in [2.05, 4.69) is 6.92 Å². The van der Waals surface area contributed by atoms with Gasteiger partial charge < -0.3 is 0 Å². The monoisotopic (exact) mass is 245 g/mol. The maximum atomic E-state index is 11.2. The summed E-state index contributed by atoms with van der Waals surface area (Å²) in [7, 11) is -1.49. The molecule has 2 nitrogen and oxygen atoms in total. The van der Waals surface area contributed by atoms with Crippen LogP contribution in [0.15, 0.2) is 23.1 Å². The molecular formula is C11H16ClNOS. The lowest BCUT2D eigenvalue weighted by Crippen LogP contribution is -2.04. The van der Waals surface area contributed by atoms with Crippen molar-refractivity contribution < 1.29 is 4.21 Å². The number of hydrogen-bond acceptors (Lipinski definition) is 1. The van der Waals surface area contributed by atoms with Crippen LogP contribution in [0, 0.1) is 0 Å². The van der Waals surface area contributed by atoms with Gasteiger partial charge in [-0.05, 0) is 24.5 Å². The standard InChI is InChI=1S/C11H16ClNOS/c1-2-3-4-6-9-7-5-8-10(11(9)12)15(13)14/h5,7-8H,2-4,6,13H2,1H3. The number of halogens is 1. The van der Waals surface area contributed by atoms with Gasteiger partial charge in [0, 0.05) is 0 Å². The molecule has 0 aliphatic carbocycles. The summed E-state index contributed by atoms with van der Waals surface area (Å²) >= 11 is 6.11. The van der Waals surface area contributed by atoms with Gasteiger partial charge in [0.25, 0.3) is 0 Å². The first-order valence-corrected chi connectivity index (χ1v) is 6.69. The van der Waals surface area contributed by atoms with Gasteiger partial charge in [0.1, 0.15) is 11.0 Å². The average molecular weight is 246 g/mol. The van der Waals surface area contributed by atoms with Gasteiger partial charge in [0.05, 0.1) is 9.92 Å². The van der Waals surface area contributed by atoms with Gasteiger partial charge in [-0.15, -0.1) is 0 Å². The highest BCUT2D eigenvalue weighted by Gasteiger charge is 2.08. The number of benzene rings is 1. The van der Waals surface area contributed by atoms with Crippen LogP contribution in [0.4, 0.5) is 0 Å². The van der Waals surface area contributed by atoms with E-state index in [4.69, 9.17) is 16.7 Å². The number of nitrogens with two attached hydrogens (primary N) is 1. The zero-order valence-corrected chi connectivity index (χ0v) is 10.4. The van der Waals surface area contributed by atoms with Crippen molar-refractivity contribution in [1.82, 2.24) is 0 Å². The molecule has 1 aromatic carbocycles. The molecule has 0 aromatic heterocycles. The molecule has 0 bridgehead atoms. The van der Waals surface area contributed by atoms with Crippen LogP contribution in [-0.2, 0) is 17.4 Å². The van der Waals surface area contributed by atoms with Gasteiger partial charge in [-0.2, -0.15) is 0 Å². The van der Waals surface area contributed by atoms with E-state index in [9.17, 15) is 4.21 Å². The third-order valence-electron chi connectivity index (χ3n) is 2.31. The summed E-state index contributed by atoms with van der Waals surface area (Å²) in [5.41, 5.74) is 1.04. The maximum Gasteiger partial charge on any atom is 0.123 e. The van der Waals surface area contributed by atoms with Crippen LogP contribution in [0.2, 0.25) is 5.02 Å². The van der Waals surface area contributed by atoms with E-state index >= 15 is 0 Å². The van der Waals surface area contributed by atoms with Crippen molar-refractivity contribution in [3.63, 3.8) is 0 Å². The second-order valence-electron chi connectivity index (χ2n) is 3.48. The summed E-state index contributed by atoms with van der Waals surface area (Å²) in [4.78, 5) is 0.533. The molecule has 0 heterocycles. The molecule has 4 heteroatoms. The van der Waals surface area contributed by atoms with Crippen LogP contribution in [0.5, 0.6) is 0 Å². The number of hydrogen-bond donors (Lipinski definition) is 1. The van der Waals surface area contributed by atoms with Crippen LogP contribution >= 0.6 is 11.6 Å². The molecule has 0 aliphatic rings. The fourth-order valence-electron chi connectivity index (χ4n) is 1.47. The molecule has 0 fully saturated rings. The lowest BCUT2D eigenvalue weighted by Gasteiger charge is -2.06. The van der Waals surface area contributed by atoms with Crippen molar-refractivity contribution in [2.45, 2.75) is 37.5 Å². The van der Waals surface area contributed by atoms with E-state index in [1.165, 1.54) is 12.8 Å². The summed E-state index contributed by atoms with van der Waals surface area (Å²) in [5, 5.41) is 5.89. The number of unbranched alkanes of at least 4 members (excludes halogenated alkanes) is 2. The second kappa shape index (κ2) is 6.26. The van der Waals surface area contributed by atoms with Crippen LogP contribution in [0.1, 0.15) is 31.7 Å². The Morgan fingerprint density at radius 3 is 2.73 bits per heavy atom. The molecule has 2 N–H and O–H groups in total. The Morgan fingerprint density at radius 2 is 2.13 bits per heavy atom. The fraction of sp³-hybridized carbons (Fsp3) is 0.455. The minimum absolute atomic E-state index is 0.533. The third kappa shape index (κ3) is 3.59. The molecule has 0 amide bonds. The zero-order chi connectivity index (χ0) is 11.3. The lowest BCUT2D eigenvalue weighted by atomic mass is 10.1. The van der Waals surface area contributed by atoms with E-state index in [1.54, 1.807) is 6.07 Å². The van der Waals surface area contributed by atoms with E-state index in [-0.39, 0.29) is 0 Å². The average Bonchev–Trinajstić information content (AvgIpc) is 2.20. The van der Waals surface area contributed by atoms with Gasteiger partial charge in [0.2, 0.25) is 0 Å². The molecule has 0 saturated heterocycles. The second-order valence-corrected chi connectivity index (χ2v) is 4.90. The van der Waals surface area contributed by atoms with Crippen molar-refractivity contribution >= 4 is 22.6 Å². The highest BCUT2D eigenvalue weighted by molar-refractivity contribution is 7.82. The molecule has 0 radical (unpaired) electrons. The smallest absolute Gasteiger partial charge is 0.123 e. The van der Waals surface area contributed by atoms with E-state index in [1.807, 2.05) is 12.1 Å². The minimum atomic E-state index is -1.49. The van der Waals surface area contributed by atoms with Crippen molar-refractivity contribution in [3.8, 4) is 0 Å². The minimum Gasteiger partial charge on any atom is -0.248 e. The first-order valence-electron chi connectivity index (χ1n) is 5.10. The molecule has 15 heavy (non-hydrogen) atoms. The summed E-state index contributed by atoms with van der Waals surface area (Å²) in [5.74, 6) is 0. The van der Waals surface area contributed by atoms with Crippen molar-refractivity contribution in [2.75, 3.05) is 0 Å². The third-order valence-corrected chi connectivity index (χ3v) is 3.64. The zero-order valence-electron chi connectivity index (χ0n) is 8.83. The molecule has 1 unspecified atom stereocenters. The van der Waals surface area contributed by atoms with Gasteiger partial charge in [-0.3, -0.25) is 0 Å². The Balaban J connectivity index is 2.80. The maximum absolute atomic E-state index is 11.2. The number of aryl methyl sites for hydroxylation is 1.